The number of aryl methyl sites for hydroxylation is 1. The molecule has 3 aromatic rings. The van der Waals surface area contributed by atoms with E-state index in [1.165, 1.54) is 18.5 Å². The Morgan fingerprint density at radius 2 is 2.00 bits per heavy atom. The number of rotatable bonds is 2. The van der Waals surface area contributed by atoms with Crippen molar-refractivity contribution in [2.45, 2.75) is 13.1 Å². The number of aromatic nitrogens is 4. The summed E-state index contributed by atoms with van der Waals surface area (Å²) in [7, 11) is 1.73. The quantitative estimate of drug-likeness (QED) is 0.725. The number of benzene rings is 1. The molecule has 1 aliphatic heterocycles. The molecule has 0 aliphatic carbocycles. The van der Waals surface area contributed by atoms with Gasteiger partial charge >= 0.3 is 0 Å². The molecule has 3 heterocycles. The Hall–Kier alpha value is -3.09. The van der Waals surface area contributed by atoms with E-state index in [1.54, 1.807) is 41.0 Å². The van der Waals surface area contributed by atoms with E-state index in [9.17, 15) is 9.18 Å². The van der Waals surface area contributed by atoms with Crippen LogP contribution in [0.1, 0.15) is 21.7 Å². The van der Waals surface area contributed by atoms with Crippen LogP contribution in [0.15, 0.2) is 42.9 Å². The fourth-order valence-electron chi connectivity index (χ4n) is 2.84. The van der Waals surface area contributed by atoms with E-state index < -0.39 is 0 Å². The van der Waals surface area contributed by atoms with Gasteiger partial charge in [0, 0.05) is 30.9 Å². The zero-order valence-electron chi connectivity index (χ0n) is 13.0. The summed E-state index contributed by atoms with van der Waals surface area (Å²) in [6, 6.07) is 7.77. The topological polar surface area (TPSA) is 63.9 Å². The van der Waals surface area contributed by atoms with Gasteiger partial charge in [-0.1, -0.05) is 0 Å². The number of amides is 1. The van der Waals surface area contributed by atoms with Crippen LogP contribution < -0.4 is 0 Å². The highest BCUT2D eigenvalue weighted by Crippen LogP contribution is 2.24. The van der Waals surface area contributed by atoms with Gasteiger partial charge in [-0.25, -0.2) is 14.4 Å². The molecule has 4 rings (SSSR count). The van der Waals surface area contributed by atoms with Gasteiger partial charge in [0.15, 0.2) is 0 Å². The van der Waals surface area contributed by atoms with E-state index in [-0.39, 0.29) is 11.7 Å². The van der Waals surface area contributed by atoms with Gasteiger partial charge in [-0.05, 0) is 30.3 Å². The molecule has 2 aromatic heterocycles. The third-order valence-corrected chi connectivity index (χ3v) is 4.11. The molecule has 0 spiro atoms. The summed E-state index contributed by atoms with van der Waals surface area (Å²) in [5.41, 5.74) is 3.72. The molecule has 0 bridgehead atoms. The summed E-state index contributed by atoms with van der Waals surface area (Å²) < 4.78 is 14.6. The molecule has 0 N–H and O–H groups in total. The zero-order valence-corrected chi connectivity index (χ0v) is 13.0. The van der Waals surface area contributed by atoms with Gasteiger partial charge in [-0.15, -0.1) is 0 Å². The normalized spacial score (nSPS) is 13.2. The average molecular weight is 323 g/mol. The van der Waals surface area contributed by atoms with E-state index in [0.717, 1.165) is 16.8 Å². The van der Waals surface area contributed by atoms with Gasteiger partial charge < -0.3 is 4.90 Å². The molecule has 1 aliphatic rings. The first-order chi connectivity index (χ1) is 11.6. The molecule has 120 valence electrons. The van der Waals surface area contributed by atoms with Gasteiger partial charge in [0.2, 0.25) is 0 Å². The van der Waals surface area contributed by atoms with Crippen LogP contribution in [0.3, 0.4) is 0 Å². The second-order valence-electron chi connectivity index (χ2n) is 5.70. The van der Waals surface area contributed by atoms with Gasteiger partial charge in [0.25, 0.3) is 5.91 Å². The van der Waals surface area contributed by atoms with Crippen LogP contribution in [0.4, 0.5) is 4.39 Å². The first-order valence-electron chi connectivity index (χ1n) is 7.49. The predicted molar refractivity (Wildman–Crippen MR) is 84.2 cm³/mol. The maximum absolute atomic E-state index is 13.1. The minimum Gasteiger partial charge on any atom is -0.327 e. The van der Waals surface area contributed by atoms with Gasteiger partial charge in [0.1, 0.15) is 17.8 Å². The van der Waals surface area contributed by atoms with E-state index in [4.69, 9.17) is 0 Å². The second kappa shape index (κ2) is 5.52. The Labute approximate surface area is 137 Å². The Morgan fingerprint density at radius 3 is 2.75 bits per heavy atom. The average Bonchev–Trinajstić information content (AvgIpc) is 3.18. The van der Waals surface area contributed by atoms with Gasteiger partial charge in [-0.3, -0.25) is 9.48 Å². The Bertz CT molecular complexity index is 894. The smallest absolute Gasteiger partial charge is 0.272 e. The van der Waals surface area contributed by atoms with Crippen molar-refractivity contribution < 1.29 is 9.18 Å². The molecular weight excluding hydrogens is 309 g/mol. The molecule has 0 unspecified atom stereocenters. The summed E-state index contributed by atoms with van der Waals surface area (Å²) in [4.78, 5) is 22.7. The SMILES string of the molecule is Cn1nc(-c2ccc(F)cc2)cc1C(=O)N1Cc2cncnc2C1. The van der Waals surface area contributed by atoms with Crippen molar-refractivity contribution in [3.05, 3.63) is 65.6 Å². The summed E-state index contributed by atoms with van der Waals surface area (Å²) >= 11 is 0. The van der Waals surface area contributed by atoms with E-state index in [2.05, 4.69) is 15.1 Å². The lowest BCUT2D eigenvalue weighted by molar-refractivity contribution is 0.0739. The molecule has 1 aromatic carbocycles. The zero-order chi connectivity index (χ0) is 16.7. The minimum absolute atomic E-state index is 0.114. The van der Waals surface area contributed by atoms with Crippen LogP contribution in [0.5, 0.6) is 0 Å². The molecule has 6 nitrogen and oxygen atoms in total. The maximum atomic E-state index is 13.1. The Balaban J connectivity index is 1.61. The summed E-state index contributed by atoms with van der Waals surface area (Å²) in [5, 5.41) is 4.37. The standard InChI is InChI=1S/C17H14FN5O/c1-22-16(6-14(21-22)11-2-4-13(18)5-3-11)17(24)23-8-12-7-19-10-20-15(12)9-23/h2-7,10H,8-9H2,1H3. The lowest BCUT2D eigenvalue weighted by Gasteiger charge is -2.14. The number of halogens is 1. The van der Waals surface area contributed by atoms with Crippen molar-refractivity contribution in [3.8, 4) is 11.3 Å². The fourth-order valence-corrected chi connectivity index (χ4v) is 2.84. The number of carbonyl (C=O) groups is 1. The number of carbonyl (C=O) groups excluding carboxylic acids is 1. The molecule has 7 heteroatoms. The molecule has 0 fully saturated rings. The fraction of sp³-hybridized carbons (Fsp3) is 0.176. The highest BCUT2D eigenvalue weighted by molar-refractivity contribution is 5.94. The molecule has 24 heavy (non-hydrogen) atoms. The third-order valence-electron chi connectivity index (χ3n) is 4.11. The van der Waals surface area contributed by atoms with Gasteiger partial charge in [-0.2, -0.15) is 5.10 Å². The first kappa shape index (κ1) is 14.5. The van der Waals surface area contributed by atoms with Crippen LogP contribution >= 0.6 is 0 Å². The van der Waals surface area contributed by atoms with Crippen molar-refractivity contribution in [2.24, 2.45) is 7.05 Å². The molecule has 0 saturated heterocycles. The highest BCUT2D eigenvalue weighted by Gasteiger charge is 2.27. The Morgan fingerprint density at radius 1 is 1.21 bits per heavy atom. The van der Waals surface area contributed by atoms with E-state index in [1.807, 2.05) is 0 Å². The lowest BCUT2D eigenvalue weighted by Crippen LogP contribution is -2.27. The van der Waals surface area contributed by atoms with Crippen LogP contribution in [-0.2, 0) is 20.1 Å². The van der Waals surface area contributed by atoms with Crippen LogP contribution in [0.2, 0.25) is 0 Å². The first-order valence-corrected chi connectivity index (χ1v) is 7.49. The molecule has 0 atom stereocenters. The molecular formula is C17H14FN5O. The number of fused-ring (bicyclic) bond motifs is 1. The van der Waals surface area contributed by atoms with Crippen LogP contribution in [0.25, 0.3) is 11.3 Å². The Kier molecular flexibility index (Phi) is 3.34. The second-order valence-corrected chi connectivity index (χ2v) is 5.70. The number of hydrogen-bond donors (Lipinski definition) is 0. The monoisotopic (exact) mass is 323 g/mol. The molecule has 1 amide bonds. The summed E-state index contributed by atoms with van der Waals surface area (Å²) in [5.74, 6) is -0.418. The number of nitrogens with zero attached hydrogens (tertiary/aromatic N) is 5. The van der Waals surface area contributed by atoms with Gasteiger partial charge in [0.05, 0.1) is 17.9 Å². The van der Waals surface area contributed by atoms with E-state index >= 15 is 0 Å². The predicted octanol–water partition coefficient (Wildman–Crippen LogP) is 2.17. The van der Waals surface area contributed by atoms with Crippen molar-refractivity contribution in [3.63, 3.8) is 0 Å². The number of hydrogen-bond acceptors (Lipinski definition) is 4. The molecule has 0 radical (unpaired) electrons. The van der Waals surface area contributed by atoms with Crippen molar-refractivity contribution in [1.29, 1.82) is 0 Å². The third kappa shape index (κ3) is 2.44. The lowest BCUT2D eigenvalue weighted by atomic mass is 10.1. The van der Waals surface area contributed by atoms with E-state index in [0.29, 0.717) is 24.5 Å². The van der Waals surface area contributed by atoms with Crippen molar-refractivity contribution in [2.75, 3.05) is 0 Å². The van der Waals surface area contributed by atoms with Crippen molar-refractivity contribution >= 4 is 5.91 Å². The highest BCUT2D eigenvalue weighted by atomic mass is 19.1. The maximum Gasteiger partial charge on any atom is 0.272 e. The molecule has 0 saturated carbocycles. The summed E-state index contributed by atoms with van der Waals surface area (Å²) in [6.07, 6.45) is 3.23. The van der Waals surface area contributed by atoms with Crippen molar-refractivity contribution in [1.82, 2.24) is 24.6 Å². The largest absolute Gasteiger partial charge is 0.327 e. The summed E-state index contributed by atoms with van der Waals surface area (Å²) in [6.45, 7) is 0.958. The van der Waals surface area contributed by atoms with Crippen LogP contribution in [0, 0.1) is 5.82 Å². The van der Waals surface area contributed by atoms with Crippen LogP contribution in [-0.4, -0.2) is 30.6 Å². The minimum atomic E-state index is -0.304.